The van der Waals surface area contributed by atoms with Crippen molar-refractivity contribution in [1.82, 2.24) is 43.8 Å². The molecule has 0 saturated carbocycles. The van der Waals surface area contributed by atoms with Crippen LogP contribution in [0, 0.1) is 6.92 Å². The Morgan fingerprint density at radius 3 is 2.45 bits per heavy atom. The molecule has 308 valence electrons. The summed E-state index contributed by atoms with van der Waals surface area (Å²) in [6, 6.07) is 17.6. The minimum Gasteiger partial charge on any atom is -0.485 e. The van der Waals surface area contributed by atoms with Crippen LogP contribution < -0.4 is 20.5 Å². The lowest BCUT2D eigenvalue weighted by atomic mass is 10.1. The molecule has 7 aromatic rings. The Bertz CT molecular complexity index is 2830. The molecule has 19 heteroatoms. The summed E-state index contributed by atoms with van der Waals surface area (Å²) < 4.78 is 50.5. The molecule has 5 heterocycles. The van der Waals surface area contributed by atoms with Gasteiger partial charge in [0, 0.05) is 50.4 Å². The number of halogens is 4. The van der Waals surface area contributed by atoms with Crippen molar-refractivity contribution in [3.05, 3.63) is 123 Å². The Hall–Kier alpha value is -6.82. The van der Waals surface area contributed by atoms with Gasteiger partial charge in [0.05, 0.1) is 33.2 Å². The minimum atomic E-state index is -4.62. The molecule has 0 radical (unpaired) electrons. The highest BCUT2D eigenvalue weighted by molar-refractivity contribution is 6.33. The van der Waals surface area contributed by atoms with Gasteiger partial charge in [-0.15, -0.1) is 5.10 Å². The molecule has 1 aliphatic rings. The lowest BCUT2D eigenvalue weighted by molar-refractivity contribution is -0.137. The summed E-state index contributed by atoms with van der Waals surface area (Å²) in [6.45, 7) is 4.34. The van der Waals surface area contributed by atoms with Gasteiger partial charge in [0.2, 0.25) is 11.7 Å². The topological polar surface area (TPSA) is 158 Å². The number of ether oxygens (including phenoxy) is 1. The molecule has 0 unspecified atom stereocenters. The number of hydrogen-bond acceptors (Lipinski definition) is 10. The Balaban J connectivity index is 1.12. The summed E-state index contributed by atoms with van der Waals surface area (Å²) >= 11 is 6.18. The average molecular weight is 840 g/mol. The third-order valence-electron chi connectivity index (χ3n) is 10.2. The fraction of sp³-hybridized carbons (Fsp3) is 0.268. The lowest BCUT2D eigenvalue weighted by Crippen LogP contribution is -2.51. The van der Waals surface area contributed by atoms with E-state index in [1.165, 1.54) is 6.33 Å². The number of hydrogen-bond donors (Lipinski definition) is 1. The van der Waals surface area contributed by atoms with Crippen molar-refractivity contribution in [3.8, 4) is 17.1 Å². The molecule has 3 aromatic carbocycles. The van der Waals surface area contributed by atoms with Crippen LogP contribution >= 0.6 is 11.6 Å². The van der Waals surface area contributed by atoms with E-state index in [1.807, 2.05) is 60.5 Å². The van der Waals surface area contributed by atoms with Crippen molar-refractivity contribution in [2.45, 2.75) is 39.6 Å². The van der Waals surface area contributed by atoms with Crippen molar-refractivity contribution in [3.63, 3.8) is 0 Å². The highest BCUT2D eigenvalue weighted by Crippen LogP contribution is 2.34. The summed E-state index contributed by atoms with van der Waals surface area (Å²) in [4.78, 5) is 59.0. The van der Waals surface area contributed by atoms with Crippen molar-refractivity contribution in [1.29, 1.82) is 0 Å². The summed E-state index contributed by atoms with van der Waals surface area (Å²) in [5.41, 5.74) is 2.18. The van der Waals surface area contributed by atoms with Crippen LogP contribution in [0.1, 0.15) is 39.9 Å². The van der Waals surface area contributed by atoms with Gasteiger partial charge in [-0.1, -0.05) is 48.9 Å². The van der Waals surface area contributed by atoms with Crippen LogP contribution in [0.2, 0.25) is 5.02 Å². The normalized spacial score (nSPS) is 13.3. The molecule has 1 saturated heterocycles. The smallest absolute Gasteiger partial charge is 0.416 e. The van der Waals surface area contributed by atoms with Crippen LogP contribution in [0.4, 0.5) is 24.5 Å². The third kappa shape index (κ3) is 7.84. The fourth-order valence-corrected chi connectivity index (χ4v) is 7.49. The second-order valence-corrected chi connectivity index (χ2v) is 14.6. The SMILES string of the molecule is CCc1c(N2CCN(C(=O)c3ncnc(C)c3OCc3ccccc3)CC2)c(=O)n2nc(-c3ccc4nn(C)cc4c3)nc2n1CC(=O)Nc1ccc(C(F)(F)F)cc1Cl. The fourth-order valence-electron chi connectivity index (χ4n) is 7.27. The van der Waals surface area contributed by atoms with Crippen molar-refractivity contribution in [2.75, 3.05) is 36.4 Å². The molecule has 0 bridgehead atoms. The number of amides is 2. The molecular formula is C41H37ClF3N11O4. The van der Waals surface area contributed by atoms with Gasteiger partial charge < -0.3 is 24.4 Å². The van der Waals surface area contributed by atoms with Crippen LogP contribution in [-0.2, 0) is 37.6 Å². The molecular weight excluding hydrogens is 803 g/mol. The van der Waals surface area contributed by atoms with Gasteiger partial charge in [0.15, 0.2) is 17.3 Å². The number of aryl methyl sites for hydroxylation is 2. The standard InChI is InChI=1S/C41H37ClF3N11O4/c1-4-32-35(53-14-16-54(17-15-53)38(58)34-36(24(2)46-23-47-34)60-22-25-8-6-5-7-9-25)39(59)56-40(49-37(51-56)26-10-12-30-27(18-26)20-52(3)50-30)55(32)21-33(57)48-31-13-11-28(19-29(31)42)41(43,44)45/h5-13,18-20,23H,4,14-17,21-22H2,1-3H3,(H,48,57). The van der Waals surface area contributed by atoms with Crippen LogP contribution in [0.5, 0.6) is 5.75 Å². The molecule has 0 atom stereocenters. The number of rotatable bonds is 10. The van der Waals surface area contributed by atoms with E-state index >= 15 is 0 Å². The van der Waals surface area contributed by atoms with Gasteiger partial charge in [-0.3, -0.25) is 19.1 Å². The number of carbonyl (C=O) groups excluding carboxylic acids is 2. The quantitative estimate of drug-likeness (QED) is 0.174. The van der Waals surface area contributed by atoms with E-state index in [-0.39, 0.29) is 84.6 Å². The molecule has 60 heavy (non-hydrogen) atoms. The van der Waals surface area contributed by atoms with E-state index in [0.717, 1.165) is 39.2 Å². The molecule has 0 aliphatic carbocycles. The first-order valence-electron chi connectivity index (χ1n) is 18.9. The zero-order valence-electron chi connectivity index (χ0n) is 32.6. The summed E-state index contributed by atoms with van der Waals surface area (Å²) in [7, 11) is 1.80. The van der Waals surface area contributed by atoms with E-state index in [1.54, 1.807) is 34.2 Å². The first-order valence-corrected chi connectivity index (χ1v) is 19.3. The Morgan fingerprint density at radius 1 is 0.967 bits per heavy atom. The summed E-state index contributed by atoms with van der Waals surface area (Å²) in [5.74, 6) is -0.401. The number of nitrogens with one attached hydrogen (secondary N) is 1. The molecule has 8 rings (SSSR count). The number of piperazine rings is 1. The number of nitrogens with zero attached hydrogens (tertiary/aromatic N) is 10. The third-order valence-corrected chi connectivity index (χ3v) is 10.5. The van der Waals surface area contributed by atoms with E-state index in [4.69, 9.17) is 21.3 Å². The zero-order chi connectivity index (χ0) is 42.3. The number of fused-ring (bicyclic) bond motifs is 2. The maximum absolute atomic E-state index is 14.5. The molecule has 1 N–H and O–H groups in total. The molecule has 1 aliphatic heterocycles. The van der Waals surface area contributed by atoms with Crippen molar-refractivity contribution < 1.29 is 27.5 Å². The maximum Gasteiger partial charge on any atom is 0.416 e. The van der Waals surface area contributed by atoms with Gasteiger partial charge in [0.1, 0.15) is 25.2 Å². The summed E-state index contributed by atoms with van der Waals surface area (Å²) in [5, 5.41) is 12.2. The van der Waals surface area contributed by atoms with E-state index < -0.39 is 29.8 Å². The lowest BCUT2D eigenvalue weighted by Gasteiger charge is -2.36. The number of anilines is 2. The molecule has 2 amide bonds. The Labute approximate surface area is 345 Å². The largest absolute Gasteiger partial charge is 0.485 e. The first-order chi connectivity index (χ1) is 28.8. The van der Waals surface area contributed by atoms with Crippen LogP contribution in [0.25, 0.3) is 28.1 Å². The second-order valence-electron chi connectivity index (χ2n) is 14.2. The van der Waals surface area contributed by atoms with Gasteiger partial charge in [-0.25, -0.2) is 9.97 Å². The summed E-state index contributed by atoms with van der Waals surface area (Å²) in [6.07, 6.45) is -1.18. The highest BCUT2D eigenvalue weighted by Gasteiger charge is 2.33. The number of carbonyl (C=O) groups is 2. The number of aromatic nitrogens is 8. The van der Waals surface area contributed by atoms with E-state index in [0.29, 0.717) is 17.0 Å². The molecule has 0 spiro atoms. The molecule has 1 fully saturated rings. The van der Waals surface area contributed by atoms with Gasteiger partial charge >= 0.3 is 6.18 Å². The number of benzene rings is 3. The number of alkyl halides is 3. The second kappa shape index (κ2) is 16.1. The Kier molecular flexibility index (Phi) is 10.7. The van der Waals surface area contributed by atoms with E-state index in [2.05, 4.69) is 25.5 Å². The van der Waals surface area contributed by atoms with Gasteiger partial charge in [-0.2, -0.15) is 27.8 Å². The minimum absolute atomic E-state index is 0.0229. The zero-order valence-corrected chi connectivity index (χ0v) is 33.3. The van der Waals surface area contributed by atoms with Gasteiger partial charge in [-0.05, 0) is 55.3 Å². The monoisotopic (exact) mass is 839 g/mol. The van der Waals surface area contributed by atoms with Gasteiger partial charge in [0.25, 0.3) is 11.5 Å². The highest BCUT2D eigenvalue weighted by atomic mass is 35.5. The van der Waals surface area contributed by atoms with Crippen LogP contribution in [0.15, 0.2) is 84.0 Å². The van der Waals surface area contributed by atoms with Crippen LogP contribution in [0.3, 0.4) is 0 Å². The van der Waals surface area contributed by atoms with E-state index in [9.17, 15) is 27.6 Å². The predicted octanol–water partition coefficient (Wildman–Crippen LogP) is 5.96. The Morgan fingerprint density at radius 2 is 1.73 bits per heavy atom. The van der Waals surface area contributed by atoms with Crippen molar-refractivity contribution in [2.24, 2.45) is 7.05 Å². The first kappa shape index (κ1) is 40.0. The molecule has 4 aromatic heterocycles. The molecule has 15 nitrogen and oxygen atoms in total. The average Bonchev–Trinajstić information content (AvgIpc) is 3.85. The van der Waals surface area contributed by atoms with Crippen LogP contribution in [-0.4, -0.2) is 81.8 Å². The van der Waals surface area contributed by atoms with Crippen molar-refractivity contribution >= 4 is 51.5 Å². The predicted molar refractivity (Wildman–Crippen MR) is 217 cm³/mol. The maximum atomic E-state index is 14.5.